The number of aliphatic hydroxyl groups excluding tert-OH is 1. The quantitative estimate of drug-likeness (QED) is 0.679. The van der Waals surface area contributed by atoms with E-state index in [0.29, 0.717) is 5.90 Å². The van der Waals surface area contributed by atoms with E-state index in [4.69, 9.17) is 0 Å². The molecule has 0 saturated heterocycles. The highest BCUT2D eigenvalue weighted by Gasteiger charge is 2.52. The first-order chi connectivity index (χ1) is 15.5. The van der Waals surface area contributed by atoms with Crippen LogP contribution in [0.4, 0.5) is 5.69 Å². The van der Waals surface area contributed by atoms with Crippen LogP contribution < -0.4 is 4.90 Å². The van der Waals surface area contributed by atoms with Crippen LogP contribution in [0.15, 0.2) is 95.7 Å². The SMILES string of the molecule is CN(C)c1ccc(/C=C\C2=C3SC(c4ccccc4)C(O)=[N+]3C3C=CC=CC3=[N+]2C)cc1. The lowest BCUT2D eigenvalue weighted by molar-refractivity contribution is -0.540. The van der Waals surface area contributed by atoms with E-state index >= 15 is 0 Å². The number of anilines is 1. The average molecular weight is 442 g/mol. The van der Waals surface area contributed by atoms with Crippen molar-refractivity contribution in [1.82, 2.24) is 0 Å². The molecule has 0 spiro atoms. The predicted molar refractivity (Wildman–Crippen MR) is 135 cm³/mol. The Bertz CT molecular complexity index is 1230. The van der Waals surface area contributed by atoms with Crippen molar-refractivity contribution >= 4 is 35.1 Å². The lowest BCUT2D eigenvalue weighted by Crippen LogP contribution is -2.42. The summed E-state index contributed by atoms with van der Waals surface area (Å²) in [6.07, 6.45) is 12.7. The maximum atomic E-state index is 11.3. The highest BCUT2D eigenvalue weighted by molar-refractivity contribution is 8.04. The van der Waals surface area contributed by atoms with Crippen LogP contribution in [0.3, 0.4) is 0 Å². The van der Waals surface area contributed by atoms with Gasteiger partial charge >= 0.3 is 10.9 Å². The van der Waals surface area contributed by atoms with Gasteiger partial charge in [-0.25, -0.2) is 0 Å². The Morgan fingerprint density at radius 2 is 1.72 bits per heavy atom. The first-order valence-corrected chi connectivity index (χ1v) is 11.6. The third-order valence-corrected chi connectivity index (χ3v) is 7.44. The van der Waals surface area contributed by atoms with Crippen molar-refractivity contribution < 1.29 is 14.3 Å². The molecule has 3 aliphatic rings. The number of thioether (sulfide) groups is 1. The molecule has 0 fully saturated rings. The molecule has 0 amide bonds. The standard InChI is InChI=1S/C27H26N3OS/c1-28(2)21-16-13-19(14-17-21)15-18-24-27-30(23-12-8-7-11-22(23)29(24)3)26(31)25(32-27)20-9-5-4-6-10-20/h4-18,23,25H,1-3H3/q+1/p+1/b18-15-. The van der Waals surface area contributed by atoms with E-state index in [9.17, 15) is 5.11 Å². The third kappa shape index (κ3) is 3.53. The highest BCUT2D eigenvalue weighted by atomic mass is 32.2. The van der Waals surface area contributed by atoms with Gasteiger partial charge in [-0.05, 0) is 47.2 Å². The van der Waals surface area contributed by atoms with E-state index in [-0.39, 0.29) is 11.3 Å². The molecule has 5 heteroatoms. The van der Waals surface area contributed by atoms with Crippen molar-refractivity contribution in [3.63, 3.8) is 0 Å². The lowest BCUT2D eigenvalue weighted by Gasteiger charge is -2.17. The monoisotopic (exact) mass is 441 g/mol. The van der Waals surface area contributed by atoms with Crippen LogP contribution in [0.1, 0.15) is 16.4 Å². The molecule has 4 nitrogen and oxygen atoms in total. The molecule has 2 unspecified atom stereocenters. The van der Waals surface area contributed by atoms with Gasteiger partial charge in [0.2, 0.25) is 0 Å². The number of hydrogen-bond acceptors (Lipinski definition) is 2. The maximum absolute atomic E-state index is 11.3. The molecule has 5 rings (SSSR count). The second kappa shape index (κ2) is 8.32. The average Bonchev–Trinajstić information content (AvgIpc) is 3.17. The molecular weight excluding hydrogens is 414 g/mol. The van der Waals surface area contributed by atoms with Crippen LogP contribution in [0.2, 0.25) is 0 Å². The highest BCUT2D eigenvalue weighted by Crippen LogP contribution is 2.45. The molecule has 2 aromatic rings. The molecule has 1 aliphatic carbocycles. The van der Waals surface area contributed by atoms with Crippen LogP contribution in [0.5, 0.6) is 0 Å². The Morgan fingerprint density at radius 3 is 2.44 bits per heavy atom. The number of rotatable bonds is 4. The van der Waals surface area contributed by atoms with Gasteiger partial charge in [0.1, 0.15) is 7.05 Å². The Hall–Kier alpha value is -3.31. The molecule has 32 heavy (non-hydrogen) atoms. The summed E-state index contributed by atoms with van der Waals surface area (Å²) in [6, 6.07) is 18.8. The molecule has 1 N–H and O–H groups in total. The summed E-state index contributed by atoms with van der Waals surface area (Å²) in [4.78, 5) is 2.10. The molecule has 0 bridgehead atoms. The predicted octanol–water partition coefficient (Wildman–Crippen LogP) is 4.98. The Morgan fingerprint density at radius 1 is 0.969 bits per heavy atom. The number of benzene rings is 2. The number of allylic oxidation sites excluding steroid dienone is 3. The molecule has 160 valence electrons. The smallest absolute Gasteiger partial charge is 0.360 e. The Kier molecular flexibility index (Phi) is 5.35. The van der Waals surface area contributed by atoms with Gasteiger partial charge in [-0.3, -0.25) is 0 Å². The van der Waals surface area contributed by atoms with E-state index in [1.807, 2.05) is 32.3 Å². The fourth-order valence-corrected chi connectivity index (χ4v) is 5.70. The van der Waals surface area contributed by atoms with Crippen LogP contribution in [0, 0.1) is 0 Å². The van der Waals surface area contributed by atoms with Gasteiger partial charge in [0, 0.05) is 31.9 Å². The van der Waals surface area contributed by atoms with Crippen molar-refractivity contribution in [2.45, 2.75) is 11.3 Å². The fourth-order valence-electron chi connectivity index (χ4n) is 4.32. The van der Waals surface area contributed by atoms with E-state index in [1.54, 1.807) is 11.8 Å². The minimum atomic E-state index is -0.110. The van der Waals surface area contributed by atoms with Crippen LogP contribution in [-0.2, 0) is 0 Å². The Balaban J connectivity index is 1.59. The van der Waals surface area contributed by atoms with Crippen molar-refractivity contribution in [2.75, 3.05) is 26.0 Å². The number of aliphatic hydroxyl groups is 1. The van der Waals surface area contributed by atoms with Crippen LogP contribution in [0.25, 0.3) is 6.08 Å². The van der Waals surface area contributed by atoms with Crippen molar-refractivity contribution in [3.8, 4) is 0 Å². The minimum Gasteiger partial charge on any atom is -0.462 e. The molecular formula is C27H27N3OS+2. The molecule has 0 radical (unpaired) electrons. The molecule has 0 aromatic heterocycles. The summed E-state index contributed by atoms with van der Waals surface area (Å²) in [5, 5.41) is 12.3. The zero-order valence-electron chi connectivity index (χ0n) is 18.5. The molecule has 2 heterocycles. The van der Waals surface area contributed by atoms with E-state index in [2.05, 4.69) is 94.0 Å². The van der Waals surface area contributed by atoms with Crippen LogP contribution >= 0.6 is 11.8 Å². The van der Waals surface area contributed by atoms with Gasteiger partial charge in [-0.2, -0.15) is 4.58 Å². The van der Waals surface area contributed by atoms with E-state index in [1.165, 1.54) is 5.69 Å². The Labute approximate surface area is 193 Å². The largest absolute Gasteiger partial charge is 0.462 e. The summed E-state index contributed by atoms with van der Waals surface area (Å²) in [5.41, 5.74) is 5.67. The van der Waals surface area contributed by atoms with E-state index < -0.39 is 0 Å². The summed E-state index contributed by atoms with van der Waals surface area (Å²) < 4.78 is 4.33. The second-order valence-electron chi connectivity index (χ2n) is 8.32. The minimum absolute atomic E-state index is 0.00210. The fraction of sp³-hybridized carbons (Fsp3) is 0.185. The summed E-state index contributed by atoms with van der Waals surface area (Å²) in [5.74, 6) is 0.396. The topological polar surface area (TPSA) is 29.5 Å². The number of nitrogens with zero attached hydrogens (tertiary/aromatic N) is 3. The number of likely N-dealkylation sites (N-methyl/N-ethyl adjacent to an activating group) is 1. The zero-order chi connectivity index (χ0) is 22.2. The lowest BCUT2D eigenvalue weighted by atomic mass is 10.0. The van der Waals surface area contributed by atoms with Gasteiger partial charge in [0.15, 0.2) is 5.25 Å². The molecule has 0 saturated carbocycles. The zero-order valence-corrected chi connectivity index (χ0v) is 19.3. The normalized spacial score (nSPS) is 22.1. The first-order valence-electron chi connectivity index (χ1n) is 10.8. The van der Waals surface area contributed by atoms with Gasteiger partial charge in [-0.1, -0.05) is 54.6 Å². The van der Waals surface area contributed by atoms with Crippen molar-refractivity contribution in [3.05, 3.63) is 107 Å². The summed E-state index contributed by atoms with van der Waals surface area (Å²) in [6.45, 7) is 0. The summed E-state index contributed by atoms with van der Waals surface area (Å²) in [7, 11) is 6.21. The number of fused-ring (bicyclic) bond motifs is 3. The van der Waals surface area contributed by atoms with E-state index in [0.717, 1.165) is 27.6 Å². The van der Waals surface area contributed by atoms with Gasteiger partial charge < -0.3 is 10.0 Å². The van der Waals surface area contributed by atoms with Crippen molar-refractivity contribution in [2.24, 2.45) is 0 Å². The molecule has 2 aliphatic heterocycles. The van der Waals surface area contributed by atoms with Crippen molar-refractivity contribution in [1.29, 1.82) is 0 Å². The van der Waals surface area contributed by atoms with Gasteiger partial charge in [-0.15, -0.1) is 4.58 Å². The second-order valence-corrected chi connectivity index (χ2v) is 9.41. The van der Waals surface area contributed by atoms with Gasteiger partial charge in [0.05, 0.1) is 0 Å². The first kappa shape index (κ1) is 20.6. The van der Waals surface area contributed by atoms with Gasteiger partial charge in [0.25, 0.3) is 17.5 Å². The molecule has 2 atom stereocenters. The summed E-state index contributed by atoms with van der Waals surface area (Å²) >= 11 is 1.71. The third-order valence-electron chi connectivity index (χ3n) is 6.10. The number of hydrogen-bond donors (Lipinski definition) is 1. The van der Waals surface area contributed by atoms with Crippen LogP contribution in [-0.4, -0.2) is 53.1 Å². The maximum Gasteiger partial charge on any atom is 0.360 e. The molecule has 2 aromatic carbocycles.